The normalized spacial score (nSPS) is 11.5. The van der Waals surface area contributed by atoms with Gasteiger partial charge in [-0.05, 0) is 32.0 Å². The molecule has 27 heavy (non-hydrogen) atoms. The second-order valence-corrected chi connectivity index (χ2v) is 6.99. The predicted molar refractivity (Wildman–Crippen MR) is 108 cm³/mol. The van der Waals surface area contributed by atoms with Gasteiger partial charge in [-0.2, -0.15) is 0 Å². The maximum absolute atomic E-state index is 12.4. The summed E-state index contributed by atoms with van der Waals surface area (Å²) in [6.07, 6.45) is 1.87. The number of methoxy groups -OCH3 is 3. The summed E-state index contributed by atoms with van der Waals surface area (Å²) in [5, 5.41) is 0.410. The minimum atomic E-state index is -0.538. The topological polar surface area (TPSA) is 57.1 Å². The molecule has 0 aliphatic heterocycles. The highest BCUT2D eigenvalue weighted by Crippen LogP contribution is 2.41. The summed E-state index contributed by atoms with van der Waals surface area (Å²) in [5.74, 6) is 1.49. The van der Waals surface area contributed by atoms with Gasteiger partial charge in [-0.1, -0.05) is 29.8 Å². The van der Waals surface area contributed by atoms with Crippen molar-refractivity contribution in [2.24, 2.45) is 4.99 Å². The van der Waals surface area contributed by atoms with Crippen LogP contribution in [0.25, 0.3) is 0 Å². The van der Waals surface area contributed by atoms with Gasteiger partial charge in [0.2, 0.25) is 11.5 Å². The lowest BCUT2D eigenvalue weighted by atomic mass is 9.94. The standard InChI is InChI=1S/C21H24ClNO4/c1-21(2,23-13-17(24)15-8-6-7-9-16(15)22)12-14-10-11-18(25-3)20(27-5)19(14)26-4/h6-11,13H,12H2,1-5H3. The van der Waals surface area contributed by atoms with E-state index in [2.05, 4.69) is 4.99 Å². The van der Waals surface area contributed by atoms with E-state index in [0.717, 1.165) is 5.56 Å². The van der Waals surface area contributed by atoms with Gasteiger partial charge in [0.1, 0.15) is 0 Å². The average Bonchev–Trinajstić information content (AvgIpc) is 2.65. The number of halogens is 1. The first-order valence-electron chi connectivity index (χ1n) is 8.45. The SMILES string of the molecule is COc1ccc(CC(C)(C)N=CC(=O)c2ccccc2Cl)c(OC)c1OC. The van der Waals surface area contributed by atoms with Crippen molar-refractivity contribution in [2.75, 3.05) is 21.3 Å². The fourth-order valence-corrected chi connectivity index (χ4v) is 3.01. The van der Waals surface area contributed by atoms with E-state index >= 15 is 0 Å². The predicted octanol–water partition coefficient (Wildman–Crippen LogP) is 4.64. The summed E-state index contributed by atoms with van der Waals surface area (Å²) >= 11 is 6.08. The van der Waals surface area contributed by atoms with E-state index in [0.29, 0.717) is 34.3 Å². The Morgan fingerprint density at radius 1 is 1.04 bits per heavy atom. The lowest BCUT2D eigenvalue weighted by Gasteiger charge is -2.22. The van der Waals surface area contributed by atoms with Gasteiger partial charge in [-0.25, -0.2) is 0 Å². The Morgan fingerprint density at radius 2 is 1.70 bits per heavy atom. The van der Waals surface area contributed by atoms with Crippen molar-refractivity contribution in [3.63, 3.8) is 0 Å². The van der Waals surface area contributed by atoms with Crippen molar-refractivity contribution in [3.8, 4) is 17.2 Å². The Balaban J connectivity index is 2.26. The molecule has 0 saturated heterocycles. The van der Waals surface area contributed by atoms with Crippen LogP contribution in [0.5, 0.6) is 17.2 Å². The minimum absolute atomic E-state index is 0.229. The first-order chi connectivity index (χ1) is 12.8. The maximum atomic E-state index is 12.4. The summed E-state index contributed by atoms with van der Waals surface area (Å²) < 4.78 is 16.3. The number of rotatable bonds is 8. The van der Waals surface area contributed by atoms with E-state index in [1.165, 1.54) is 6.21 Å². The van der Waals surface area contributed by atoms with Crippen molar-refractivity contribution >= 4 is 23.6 Å². The molecule has 0 spiro atoms. The van der Waals surface area contributed by atoms with Crippen LogP contribution in [0.15, 0.2) is 41.4 Å². The largest absolute Gasteiger partial charge is 0.493 e. The molecule has 0 aliphatic carbocycles. The van der Waals surface area contributed by atoms with Gasteiger partial charge in [0, 0.05) is 17.5 Å². The quantitative estimate of drug-likeness (QED) is 0.487. The van der Waals surface area contributed by atoms with Crippen LogP contribution >= 0.6 is 11.6 Å². The number of nitrogens with zero attached hydrogens (tertiary/aromatic N) is 1. The molecule has 0 amide bonds. The number of ether oxygens (including phenoxy) is 3. The third kappa shape index (κ3) is 5.01. The molecular formula is C21H24ClNO4. The Kier molecular flexibility index (Phi) is 6.86. The monoisotopic (exact) mass is 389 g/mol. The maximum Gasteiger partial charge on any atom is 0.205 e. The zero-order chi connectivity index (χ0) is 20.0. The molecule has 0 bridgehead atoms. The van der Waals surface area contributed by atoms with Gasteiger partial charge >= 0.3 is 0 Å². The third-order valence-corrected chi connectivity index (χ3v) is 4.41. The van der Waals surface area contributed by atoms with E-state index in [1.807, 2.05) is 26.0 Å². The fourth-order valence-electron chi connectivity index (χ4n) is 2.78. The molecule has 0 aromatic heterocycles. The molecule has 0 radical (unpaired) electrons. The van der Waals surface area contributed by atoms with Crippen LogP contribution in [-0.4, -0.2) is 38.9 Å². The van der Waals surface area contributed by atoms with Crippen molar-refractivity contribution in [3.05, 3.63) is 52.5 Å². The summed E-state index contributed by atoms with van der Waals surface area (Å²) in [5.41, 5.74) is 0.800. The Morgan fingerprint density at radius 3 is 2.30 bits per heavy atom. The number of benzene rings is 2. The van der Waals surface area contributed by atoms with E-state index in [1.54, 1.807) is 45.6 Å². The van der Waals surface area contributed by atoms with Crippen LogP contribution in [0.1, 0.15) is 29.8 Å². The van der Waals surface area contributed by atoms with Gasteiger partial charge in [0.05, 0.1) is 38.1 Å². The molecule has 0 fully saturated rings. The molecule has 144 valence electrons. The van der Waals surface area contributed by atoms with E-state index in [4.69, 9.17) is 25.8 Å². The molecule has 5 nitrogen and oxygen atoms in total. The van der Waals surface area contributed by atoms with E-state index in [9.17, 15) is 4.79 Å². The molecule has 0 heterocycles. The molecule has 0 unspecified atom stereocenters. The van der Waals surface area contributed by atoms with Crippen LogP contribution in [0.2, 0.25) is 5.02 Å². The Bertz CT molecular complexity index is 846. The van der Waals surface area contributed by atoms with Crippen LogP contribution in [0.3, 0.4) is 0 Å². The fraction of sp³-hybridized carbons (Fsp3) is 0.333. The zero-order valence-electron chi connectivity index (χ0n) is 16.2. The van der Waals surface area contributed by atoms with Gasteiger partial charge in [0.15, 0.2) is 11.5 Å². The summed E-state index contributed by atoms with van der Waals surface area (Å²) in [4.78, 5) is 16.9. The second kappa shape index (κ2) is 8.91. The van der Waals surface area contributed by atoms with Crippen molar-refractivity contribution in [1.82, 2.24) is 0 Å². The molecule has 6 heteroatoms. The second-order valence-electron chi connectivity index (χ2n) is 6.58. The molecule has 0 N–H and O–H groups in total. The molecular weight excluding hydrogens is 366 g/mol. The van der Waals surface area contributed by atoms with Gasteiger partial charge < -0.3 is 14.2 Å². The lowest BCUT2D eigenvalue weighted by molar-refractivity contribution is 0.107. The molecule has 2 aromatic rings. The van der Waals surface area contributed by atoms with E-state index < -0.39 is 5.54 Å². The third-order valence-electron chi connectivity index (χ3n) is 4.08. The van der Waals surface area contributed by atoms with Crippen LogP contribution in [0, 0.1) is 0 Å². The molecule has 0 atom stereocenters. The highest BCUT2D eigenvalue weighted by molar-refractivity contribution is 6.42. The van der Waals surface area contributed by atoms with Crippen molar-refractivity contribution in [1.29, 1.82) is 0 Å². The molecule has 2 rings (SSSR count). The number of carbonyl (C=O) groups is 1. The smallest absolute Gasteiger partial charge is 0.205 e. The number of Topliss-reactive ketones (excluding diaryl/α,β-unsaturated/α-hetero) is 1. The average molecular weight is 390 g/mol. The number of aliphatic imine (C=N–C) groups is 1. The zero-order valence-corrected chi connectivity index (χ0v) is 17.0. The van der Waals surface area contributed by atoms with Gasteiger partial charge in [-0.3, -0.25) is 9.79 Å². The molecule has 0 saturated carbocycles. The summed E-state index contributed by atoms with van der Waals surface area (Å²) in [6.45, 7) is 3.89. The number of carbonyl (C=O) groups excluding carboxylic acids is 1. The number of ketones is 1. The Labute approximate surface area is 164 Å². The first-order valence-corrected chi connectivity index (χ1v) is 8.82. The van der Waals surface area contributed by atoms with Gasteiger partial charge in [-0.15, -0.1) is 0 Å². The minimum Gasteiger partial charge on any atom is -0.493 e. The molecule has 0 aliphatic rings. The summed E-state index contributed by atoms with van der Waals surface area (Å²) in [6, 6.07) is 10.7. The van der Waals surface area contributed by atoms with Crippen molar-refractivity contribution in [2.45, 2.75) is 25.8 Å². The number of hydrogen-bond acceptors (Lipinski definition) is 5. The highest BCUT2D eigenvalue weighted by atomic mass is 35.5. The first kappa shape index (κ1) is 20.8. The van der Waals surface area contributed by atoms with E-state index in [-0.39, 0.29) is 5.78 Å². The highest BCUT2D eigenvalue weighted by Gasteiger charge is 2.23. The van der Waals surface area contributed by atoms with Crippen molar-refractivity contribution < 1.29 is 19.0 Å². The van der Waals surface area contributed by atoms with Crippen LogP contribution < -0.4 is 14.2 Å². The van der Waals surface area contributed by atoms with Crippen LogP contribution in [-0.2, 0) is 6.42 Å². The van der Waals surface area contributed by atoms with Crippen LogP contribution in [0.4, 0.5) is 0 Å². The van der Waals surface area contributed by atoms with Gasteiger partial charge in [0.25, 0.3) is 0 Å². The summed E-state index contributed by atoms with van der Waals surface area (Å²) in [7, 11) is 4.72. The molecule has 2 aromatic carbocycles. The Hall–Kier alpha value is -2.53. The number of hydrogen-bond donors (Lipinski definition) is 0. The lowest BCUT2D eigenvalue weighted by Crippen LogP contribution is -2.22.